The Bertz CT molecular complexity index is 1110. The summed E-state index contributed by atoms with van der Waals surface area (Å²) in [6, 6.07) is 17.6. The van der Waals surface area contributed by atoms with Gasteiger partial charge in [0.1, 0.15) is 10.5 Å². The van der Waals surface area contributed by atoms with Crippen molar-refractivity contribution in [3.05, 3.63) is 65.2 Å². The van der Waals surface area contributed by atoms with E-state index in [4.69, 9.17) is 4.98 Å². The monoisotopic (exact) mass is 448 g/mol. The maximum atomic E-state index is 13.7. The molecule has 7 heteroatoms. The summed E-state index contributed by atoms with van der Waals surface area (Å²) in [6.07, 6.45) is 2.58. The number of nitrogens with one attached hydrogen (secondary N) is 1. The Morgan fingerprint density at radius 1 is 1.12 bits per heavy atom. The summed E-state index contributed by atoms with van der Waals surface area (Å²) < 4.78 is 1.17. The number of carbonyl (C=O) groups is 2. The van der Waals surface area contributed by atoms with Gasteiger partial charge in [-0.2, -0.15) is 0 Å². The highest BCUT2D eigenvalue weighted by atomic mass is 32.1. The van der Waals surface area contributed by atoms with Gasteiger partial charge in [-0.3, -0.25) is 9.69 Å². The van der Waals surface area contributed by atoms with Gasteiger partial charge in [0, 0.05) is 6.54 Å². The Morgan fingerprint density at radius 3 is 2.62 bits per heavy atom. The molecule has 166 valence electrons. The number of rotatable bonds is 6. The zero-order valence-electron chi connectivity index (χ0n) is 18.5. The molecule has 3 amide bonds. The first-order valence-electron chi connectivity index (χ1n) is 11.3. The fraction of sp³-hybridized carbons (Fsp3) is 0.400. The van der Waals surface area contributed by atoms with Gasteiger partial charge in [-0.15, -0.1) is 11.3 Å². The van der Waals surface area contributed by atoms with E-state index in [1.165, 1.54) is 9.60 Å². The van der Waals surface area contributed by atoms with Gasteiger partial charge in [-0.25, -0.2) is 14.7 Å². The molecule has 6 nitrogen and oxygen atoms in total. The molecule has 2 aromatic carbocycles. The van der Waals surface area contributed by atoms with Crippen LogP contribution in [0.4, 0.5) is 4.79 Å². The van der Waals surface area contributed by atoms with Crippen molar-refractivity contribution in [3.8, 4) is 0 Å². The smallest absolute Gasteiger partial charge is 0.319 e. The predicted octanol–water partition coefficient (Wildman–Crippen LogP) is 4.88. The maximum Gasteiger partial charge on any atom is 0.326 e. The van der Waals surface area contributed by atoms with Gasteiger partial charge in [0.15, 0.2) is 0 Å². The Labute approximate surface area is 192 Å². The lowest BCUT2D eigenvalue weighted by Crippen LogP contribution is -2.46. The summed E-state index contributed by atoms with van der Waals surface area (Å²) in [7, 11) is 0. The minimum absolute atomic E-state index is 0.129. The van der Waals surface area contributed by atoms with Crippen LogP contribution in [0.3, 0.4) is 0 Å². The zero-order valence-corrected chi connectivity index (χ0v) is 19.3. The van der Waals surface area contributed by atoms with Crippen molar-refractivity contribution >= 4 is 33.5 Å². The molecule has 0 radical (unpaired) electrons. The molecule has 5 rings (SSSR count). The van der Waals surface area contributed by atoms with Gasteiger partial charge in [0.05, 0.1) is 22.9 Å². The molecule has 3 heterocycles. The first kappa shape index (κ1) is 21.1. The quantitative estimate of drug-likeness (QED) is 0.546. The van der Waals surface area contributed by atoms with E-state index in [1.54, 1.807) is 11.3 Å². The second-order valence-electron chi connectivity index (χ2n) is 9.16. The third-order valence-electron chi connectivity index (χ3n) is 6.44. The minimum atomic E-state index is -1.00. The summed E-state index contributed by atoms with van der Waals surface area (Å²) >= 11 is 1.71. The first-order valence-corrected chi connectivity index (χ1v) is 12.1. The number of urea groups is 1. The Kier molecular flexibility index (Phi) is 5.47. The Balaban J connectivity index is 1.42. The molecule has 2 saturated heterocycles. The van der Waals surface area contributed by atoms with E-state index in [0.717, 1.165) is 35.5 Å². The van der Waals surface area contributed by atoms with Crippen molar-refractivity contribution in [3.63, 3.8) is 0 Å². The van der Waals surface area contributed by atoms with Crippen molar-refractivity contribution in [1.29, 1.82) is 0 Å². The van der Waals surface area contributed by atoms with Crippen LogP contribution in [0, 0.1) is 5.92 Å². The molecule has 32 heavy (non-hydrogen) atoms. The van der Waals surface area contributed by atoms with Gasteiger partial charge >= 0.3 is 6.03 Å². The lowest BCUT2D eigenvalue weighted by Gasteiger charge is -2.30. The summed E-state index contributed by atoms with van der Waals surface area (Å²) in [5.41, 5.74) is 0.852. The van der Waals surface area contributed by atoms with E-state index < -0.39 is 5.54 Å². The lowest BCUT2D eigenvalue weighted by molar-refractivity contribution is -0.133. The highest BCUT2D eigenvalue weighted by Crippen LogP contribution is 2.39. The number of para-hydroxylation sites is 1. The van der Waals surface area contributed by atoms with Crippen LogP contribution in [0.2, 0.25) is 0 Å². The Morgan fingerprint density at radius 2 is 1.88 bits per heavy atom. The third kappa shape index (κ3) is 3.59. The molecule has 0 aliphatic carbocycles. The number of hydrogen-bond donors (Lipinski definition) is 1. The van der Waals surface area contributed by atoms with Crippen molar-refractivity contribution < 1.29 is 9.59 Å². The third-order valence-corrected chi connectivity index (χ3v) is 7.58. The number of imide groups is 1. The van der Waals surface area contributed by atoms with Crippen molar-refractivity contribution in [1.82, 2.24) is 20.1 Å². The van der Waals surface area contributed by atoms with Gasteiger partial charge in [0.25, 0.3) is 5.91 Å². The summed E-state index contributed by atoms with van der Waals surface area (Å²) in [4.78, 5) is 35.3. The van der Waals surface area contributed by atoms with Crippen LogP contribution in [-0.2, 0) is 10.3 Å². The number of fused-ring (bicyclic) bond motifs is 1. The average Bonchev–Trinajstić information content (AvgIpc) is 3.47. The van der Waals surface area contributed by atoms with Crippen LogP contribution in [0.1, 0.15) is 49.7 Å². The zero-order chi connectivity index (χ0) is 22.3. The first-order chi connectivity index (χ1) is 15.5. The van der Waals surface area contributed by atoms with Gasteiger partial charge in [-0.1, -0.05) is 56.3 Å². The molecule has 3 aromatic rings. The summed E-state index contributed by atoms with van der Waals surface area (Å²) in [5.74, 6) is 0.0963. The number of amides is 3. The number of benzene rings is 2. The van der Waals surface area contributed by atoms with Crippen molar-refractivity contribution in [2.45, 2.75) is 44.7 Å². The van der Waals surface area contributed by atoms with E-state index in [-0.39, 0.29) is 30.6 Å². The van der Waals surface area contributed by atoms with E-state index in [1.807, 2.05) is 48.5 Å². The number of thiazole rings is 1. The SMILES string of the molecule is CC(C)C[C@@]1(c2ccccc2)NC(=O)N(CN2CCC[C@@H]2c2nc3ccccc3s2)C1=O. The predicted molar refractivity (Wildman–Crippen MR) is 126 cm³/mol. The molecule has 2 aliphatic heterocycles. The molecule has 0 saturated carbocycles. The van der Waals surface area contributed by atoms with Crippen molar-refractivity contribution in [2.24, 2.45) is 5.92 Å². The number of carbonyl (C=O) groups excluding carboxylic acids is 2. The maximum absolute atomic E-state index is 13.7. The van der Waals surface area contributed by atoms with Crippen LogP contribution in [0.25, 0.3) is 10.2 Å². The number of hydrogen-bond acceptors (Lipinski definition) is 5. The molecule has 2 atom stereocenters. The molecule has 0 bridgehead atoms. The summed E-state index contributed by atoms with van der Waals surface area (Å²) in [5, 5.41) is 4.12. The molecular formula is C25H28N4O2S. The fourth-order valence-electron chi connectivity index (χ4n) is 5.03. The normalized spacial score (nSPS) is 24.1. The van der Waals surface area contributed by atoms with Crippen molar-refractivity contribution in [2.75, 3.05) is 13.2 Å². The molecule has 2 fully saturated rings. The molecule has 1 N–H and O–H groups in total. The van der Waals surface area contributed by atoms with E-state index in [2.05, 4.69) is 30.1 Å². The number of nitrogens with zero attached hydrogens (tertiary/aromatic N) is 3. The molecule has 0 spiro atoms. The second kappa shape index (κ2) is 8.30. The van der Waals surface area contributed by atoms with Crippen LogP contribution < -0.4 is 5.32 Å². The molecule has 0 unspecified atom stereocenters. The standard InChI is InChI=1S/C25H28N4O2S/c1-17(2)15-25(18-9-4-3-5-10-18)23(30)29(24(31)27-25)16-28-14-8-12-20(28)22-26-19-11-6-7-13-21(19)32-22/h3-7,9-11,13,17,20H,8,12,14-16H2,1-2H3,(H,27,31)/t20-,25+/m1/s1. The van der Waals surface area contributed by atoms with E-state index >= 15 is 0 Å². The average molecular weight is 449 g/mol. The minimum Gasteiger partial charge on any atom is -0.319 e. The van der Waals surface area contributed by atoms with Crippen LogP contribution in [0.5, 0.6) is 0 Å². The van der Waals surface area contributed by atoms with Gasteiger partial charge < -0.3 is 5.32 Å². The van der Waals surface area contributed by atoms with E-state index in [9.17, 15) is 9.59 Å². The summed E-state index contributed by atoms with van der Waals surface area (Å²) in [6.45, 7) is 5.30. The van der Waals surface area contributed by atoms with Gasteiger partial charge in [0.2, 0.25) is 0 Å². The van der Waals surface area contributed by atoms with Crippen LogP contribution in [0.15, 0.2) is 54.6 Å². The fourth-order valence-corrected chi connectivity index (χ4v) is 6.17. The lowest BCUT2D eigenvalue weighted by atomic mass is 9.82. The molecular weight excluding hydrogens is 420 g/mol. The molecule has 2 aliphatic rings. The van der Waals surface area contributed by atoms with E-state index in [0.29, 0.717) is 6.42 Å². The largest absolute Gasteiger partial charge is 0.326 e. The second-order valence-corrected chi connectivity index (χ2v) is 10.2. The highest BCUT2D eigenvalue weighted by Gasteiger charge is 2.53. The topological polar surface area (TPSA) is 65.5 Å². The van der Waals surface area contributed by atoms with Crippen LogP contribution in [-0.4, -0.2) is 39.9 Å². The number of likely N-dealkylation sites (tertiary alicyclic amines) is 1. The Hall–Kier alpha value is -2.77. The molecule has 1 aromatic heterocycles. The van der Waals surface area contributed by atoms with Gasteiger partial charge in [-0.05, 0) is 42.9 Å². The number of aromatic nitrogens is 1. The van der Waals surface area contributed by atoms with Crippen LogP contribution >= 0.6 is 11.3 Å². The highest BCUT2D eigenvalue weighted by molar-refractivity contribution is 7.18.